The Hall–Kier alpha value is -2.65. The summed E-state index contributed by atoms with van der Waals surface area (Å²) in [4.78, 5) is 24.4. The highest BCUT2D eigenvalue weighted by Gasteiger charge is 2.28. The summed E-state index contributed by atoms with van der Waals surface area (Å²) >= 11 is 11.9. The van der Waals surface area contributed by atoms with E-state index < -0.39 is 28.9 Å². The number of nitrogens with zero attached hydrogens (tertiary/aromatic N) is 2. The predicted molar refractivity (Wildman–Crippen MR) is 98.5 cm³/mol. The number of ether oxygens (including phenoxy) is 2. The van der Waals surface area contributed by atoms with Crippen molar-refractivity contribution in [1.82, 2.24) is 4.90 Å². The summed E-state index contributed by atoms with van der Waals surface area (Å²) < 4.78 is 34.2. The van der Waals surface area contributed by atoms with Gasteiger partial charge >= 0.3 is 6.61 Å². The molecule has 0 atom stereocenters. The second-order valence-electron chi connectivity index (χ2n) is 5.55. The molecule has 7 nitrogen and oxygen atoms in total. The second-order valence-corrected chi connectivity index (χ2v) is 6.40. The van der Waals surface area contributed by atoms with Gasteiger partial charge in [0.25, 0.3) is 11.6 Å². The maximum atomic E-state index is 12.8. The molecule has 0 heterocycles. The monoisotopic (exact) mass is 434 g/mol. The molecule has 11 heteroatoms. The van der Waals surface area contributed by atoms with Gasteiger partial charge in [0.15, 0.2) is 11.5 Å². The molecule has 0 aliphatic carbocycles. The molecule has 0 unspecified atom stereocenters. The number of hydrogen-bond donors (Lipinski definition) is 0. The Labute approximate surface area is 168 Å². The van der Waals surface area contributed by atoms with Gasteiger partial charge in [-0.25, -0.2) is 0 Å². The third-order valence-corrected chi connectivity index (χ3v) is 4.28. The van der Waals surface area contributed by atoms with Crippen molar-refractivity contribution >= 4 is 34.8 Å². The van der Waals surface area contributed by atoms with Gasteiger partial charge in [-0.2, -0.15) is 8.78 Å². The number of methoxy groups -OCH3 is 1. The van der Waals surface area contributed by atoms with Crippen LogP contribution in [-0.4, -0.2) is 36.5 Å². The van der Waals surface area contributed by atoms with Crippen molar-refractivity contribution in [2.45, 2.75) is 13.2 Å². The molecule has 0 aliphatic rings. The van der Waals surface area contributed by atoms with Crippen molar-refractivity contribution in [3.05, 3.63) is 61.6 Å². The zero-order chi connectivity index (χ0) is 21.0. The largest absolute Gasteiger partial charge is 0.493 e. The van der Waals surface area contributed by atoms with Gasteiger partial charge in [0.2, 0.25) is 0 Å². The average molecular weight is 435 g/mol. The van der Waals surface area contributed by atoms with Crippen LogP contribution in [0.15, 0.2) is 30.3 Å². The molecule has 0 aromatic heterocycles. The minimum Gasteiger partial charge on any atom is -0.493 e. The van der Waals surface area contributed by atoms with Crippen LogP contribution in [0.2, 0.25) is 10.0 Å². The molecule has 2 rings (SSSR count). The molecule has 0 N–H and O–H groups in total. The Balaban J connectivity index is 2.40. The fraction of sp³-hybridized carbons (Fsp3) is 0.235. The van der Waals surface area contributed by atoms with Crippen LogP contribution in [0.3, 0.4) is 0 Å². The van der Waals surface area contributed by atoms with E-state index in [2.05, 4.69) is 4.74 Å². The molecular formula is C17H14Cl2F2N2O5. The van der Waals surface area contributed by atoms with E-state index in [0.29, 0.717) is 15.6 Å². The SMILES string of the molecule is COc1cc(C(=O)N(C)Cc2ccc(Cl)cc2Cl)c([N+](=O)[O-])cc1OC(F)F. The maximum Gasteiger partial charge on any atom is 0.387 e. The number of nitro groups is 1. The van der Waals surface area contributed by atoms with Gasteiger partial charge in [-0.05, 0) is 17.7 Å². The first-order valence-electron chi connectivity index (χ1n) is 7.64. The first-order chi connectivity index (χ1) is 13.1. The molecule has 150 valence electrons. The summed E-state index contributed by atoms with van der Waals surface area (Å²) in [5, 5.41) is 12.1. The lowest BCUT2D eigenvalue weighted by Crippen LogP contribution is -2.27. The lowest BCUT2D eigenvalue weighted by Gasteiger charge is -2.19. The second kappa shape index (κ2) is 9.03. The molecule has 0 saturated carbocycles. The normalized spacial score (nSPS) is 10.7. The Morgan fingerprint density at radius 3 is 2.46 bits per heavy atom. The molecule has 0 saturated heterocycles. The summed E-state index contributed by atoms with van der Waals surface area (Å²) in [7, 11) is 2.57. The zero-order valence-corrected chi connectivity index (χ0v) is 16.1. The van der Waals surface area contributed by atoms with E-state index in [-0.39, 0.29) is 17.9 Å². The van der Waals surface area contributed by atoms with Crippen LogP contribution in [0, 0.1) is 10.1 Å². The summed E-state index contributed by atoms with van der Waals surface area (Å²) in [5.41, 5.74) is -0.485. The molecule has 0 spiro atoms. The Morgan fingerprint density at radius 1 is 1.25 bits per heavy atom. The third-order valence-electron chi connectivity index (χ3n) is 3.69. The lowest BCUT2D eigenvalue weighted by atomic mass is 10.1. The molecular weight excluding hydrogens is 421 g/mol. The van der Waals surface area contributed by atoms with E-state index in [1.807, 2.05) is 0 Å². The van der Waals surface area contributed by atoms with Crippen molar-refractivity contribution in [3.63, 3.8) is 0 Å². The maximum absolute atomic E-state index is 12.8. The number of amides is 1. The van der Waals surface area contributed by atoms with E-state index in [0.717, 1.165) is 19.2 Å². The molecule has 28 heavy (non-hydrogen) atoms. The Bertz CT molecular complexity index is 911. The van der Waals surface area contributed by atoms with E-state index in [1.165, 1.54) is 18.0 Å². The number of carbonyl (C=O) groups excluding carboxylic acids is 1. The highest BCUT2D eigenvalue weighted by atomic mass is 35.5. The first-order valence-corrected chi connectivity index (χ1v) is 8.40. The zero-order valence-electron chi connectivity index (χ0n) is 14.6. The number of hydrogen-bond acceptors (Lipinski definition) is 5. The lowest BCUT2D eigenvalue weighted by molar-refractivity contribution is -0.385. The van der Waals surface area contributed by atoms with Gasteiger partial charge in [0.05, 0.1) is 18.1 Å². The van der Waals surface area contributed by atoms with Crippen LogP contribution < -0.4 is 9.47 Å². The van der Waals surface area contributed by atoms with Crippen LogP contribution >= 0.6 is 23.2 Å². The van der Waals surface area contributed by atoms with Crippen molar-refractivity contribution in [2.75, 3.05) is 14.2 Å². The summed E-state index contributed by atoms with van der Waals surface area (Å²) in [6.07, 6.45) is 0. The number of carbonyl (C=O) groups is 1. The molecule has 2 aromatic rings. The molecule has 0 radical (unpaired) electrons. The quantitative estimate of drug-likeness (QED) is 0.462. The van der Waals surface area contributed by atoms with E-state index in [4.69, 9.17) is 27.9 Å². The summed E-state index contributed by atoms with van der Waals surface area (Å²) in [6.45, 7) is -3.19. The highest BCUT2D eigenvalue weighted by molar-refractivity contribution is 6.35. The highest BCUT2D eigenvalue weighted by Crippen LogP contribution is 2.36. The van der Waals surface area contributed by atoms with E-state index in [1.54, 1.807) is 12.1 Å². The van der Waals surface area contributed by atoms with E-state index >= 15 is 0 Å². The number of halogens is 4. The van der Waals surface area contributed by atoms with Crippen LogP contribution in [0.4, 0.5) is 14.5 Å². The average Bonchev–Trinajstić information content (AvgIpc) is 2.62. The van der Waals surface area contributed by atoms with Crippen molar-refractivity contribution in [2.24, 2.45) is 0 Å². The smallest absolute Gasteiger partial charge is 0.387 e. The summed E-state index contributed by atoms with van der Waals surface area (Å²) in [6, 6.07) is 6.41. The molecule has 2 aromatic carbocycles. The molecule has 1 amide bonds. The van der Waals surface area contributed by atoms with Gasteiger partial charge in [-0.1, -0.05) is 29.3 Å². The number of rotatable bonds is 7. The first kappa shape index (κ1) is 21.6. The van der Waals surface area contributed by atoms with Crippen molar-refractivity contribution in [3.8, 4) is 11.5 Å². The molecule has 0 bridgehead atoms. The van der Waals surface area contributed by atoms with Crippen LogP contribution in [-0.2, 0) is 6.54 Å². The topological polar surface area (TPSA) is 81.9 Å². The van der Waals surface area contributed by atoms with Crippen LogP contribution in [0.1, 0.15) is 15.9 Å². The van der Waals surface area contributed by atoms with Gasteiger partial charge < -0.3 is 14.4 Å². The molecule has 0 fully saturated rings. The minimum atomic E-state index is -3.22. The number of alkyl halides is 2. The predicted octanol–water partition coefficient (Wildman–Crippen LogP) is 4.78. The van der Waals surface area contributed by atoms with Crippen molar-refractivity contribution in [1.29, 1.82) is 0 Å². The fourth-order valence-electron chi connectivity index (χ4n) is 2.40. The van der Waals surface area contributed by atoms with Crippen LogP contribution in [0.5, 0.6) is 11.5 Å². The van der Waals surface area contributed by atoms with Crippen molar-refractivity contribution < 1.29 is 28.0 Å². The van der Waals surface area contributed by atoms with Gasteiger partial charge in [0, 0.05) is 29.7 Å². The van der Waals surface area contributed by atoms with Gasteiger partial charge in [-0.3, -0.25) is 14.9 Å². The van der Waals surface area contributed by atoms with Crippen LogP contribution in [0.25, 0.3) is 0 Å². The molecule has 0 aliphatic heterocycles. The van der Waals surface area contributed by atoms with Gasteiger partial charge in [0.1, 0.15) is 5.56 Å². The fourth-order valence-corrected chi connectivity index (χ4v) is 2.87. The standard InChI is InChI=1S/C17H14Cl2F2N2O5/c1-22(8-9-3-4-10(18)5-12(9)19)16(24)11-6-14(27-2)15(28-17(20)21)7-13(11)23(25)26/h3-7,17H,8H2,1-2H3. The summed E-state index contributed by atoms with van der Waals surface area (Å²) in [5.74, 6) is -1.53. The minimum absolute atomic E-state index is 0.0313. The van der Waals surface area contributed by atoms with Gasteiger partial charge in [-0.15, -0.1) is 0 Å². The third kappa shape index (κ3) is 4.99. The number of nitro benzene ring substituents is 1. The number of benzene rings is 2. The Kier molecular flexibility index (Phi) is 6.98. The Morgan fingerprint density at radius 2 is 1.93 bits per heavy atom. The van der Waals surface area contributed by atoms with E-state index in [9.17, 15) is 23.7 Å².